The molecule has 0 radical (unpaired) electrons. The molecular weight excluding hydrogens is 284 g/mol. The van der Waals surface area contributed by atoms with Crippen LogP contribution in [0.2, 0.25) is 0 Å². The number of thiophene rings is 1. The van der Waals surface area contributed by atoms with Crippen LogP contribution < -0.4 is 5.32 Å². The van der Waals surface area contributed by atoms with E-state index in [1.54, 1.807) is 11.3 Å². The van der Waals surface area contributed by atoms with E-state index in [9.17, 15) is 4.79 Å². The minimum atomic E-state index is 0.00352. The minimum absolute atomic E-state index is 0.00352. The van der Waals surface area contributed by atoms with Gasteiger partial charge in [-0.05, 0) is 43.7 Å². The number of nitrogens with zero attached hydrogens (tertiary/aromatic N) is 1. The van der Waals surface area contributed by atoms with Crippen molar-refractivity contribution in [3.8, 4) is 0 Å². The van der Waals surface area contributed by atoms with Gasteiger partial charge in [0, 0.05) is 30.1 Å². The lowest BCUT2D eigenvalue weighted by Gasteiger charge is -2.29. The van der Waals surface area contributed by atoms with Gasteiger partial charge in [0.05, 0.1) is 6.10 Å². The van der Waals surface area contributed by atoms with E-state index < -0.39 is 0 Å². The predicted octanol–water partition coefficient (Wildman–Crippen LogP) is 2.52. The molecule has 0 aromatic carbocycles. The lowest BCUT2D eigenvalue weighted by molar-refractivity contribution is -0.129. The molecule has 5 heteroatoms. The van der Waals surface area contributed by atoms with Gasteiger partial charge >= 0.3 is 0 Å². The van der Waals surface area contributed by atoms with Gasteiger partial charge in [-0.25, -0.2) is 0 Å². The summed E-state index contributed by atoms with van der Waals surface area (Å²) in [6, 6.07) is 4.17. The predicted molar refractivity (Wildman–Crippen MR) is 84.0 cm³/mol. The summed E-state index contributed by atoms with van der Waals surface area (Å²) < 4.78 is 5.69. The van der Waals surface area contributed by atoms with Crippen LogP contribution in [0.15, 0.2) is 28.7 Å². The fraction of sp³-hybridized carbons (Fsp3) is 0.562. The summed E-state index contributed by atoms with van der Waals surface area (Å²) in [6.45, 7) is 6.28. The maximum absolute atomic E-state index is 12.5. The highest BCUT2D eigenvalue weighted by Crippen LogP contribution is 2.26. The monoisotopic (exact) mass is 306 g/mol. The van der Waals surface area contributed by atoms with Gasteiger partial charge in [-0.2, -0.15) is 0 Å². The fourth-order valence-electron chi connectivity index (χ4n) is 3.01. The maximum atomic E-state index is 12.5. The first-order chi connectivity index (χ1) is 10.2. The average Bonchev–Trinajstić information content (AvgIpc) is 3.20. The van der Waals surface area contributed by atoms with Crippen LogP contribution in [0, 0.1) is 0 Å². The van der Waals surface area contributed by atoms with Crippen molar-refractivity contribution in [1.29, 1.82) is 0 Å². The lowest BCUT2D eigenvalue weighted by Crippen LogP contribution is -2.47. The van der Waals surface area contributed by atoms with E-state index in [1.807, 2.05) is 11.8 Å². The summed E-state index contributed by atoms with van der Waals surface area (Å²) in [4.78, 5) is 15.7. The second-order valence-corrected chi connectivity index (χ2v) is 6.80. The number of carbonyl (C=O) groups excluding carboxylic acids is 1. The maximum Gasteiger partial charge on any atom is 0.251 e. The number of hydrogen-bond donors (Lipinski definition) is 1. The largest absolute Gasteiger partial charge is 0.376 e. The molecule has 1 fully saturated rings. The molecule has 3 rings (SSSR count). The summed E-state index contributed by atoms with van der Waals surface area (Å²) in [5, 5.41) is 5.60. The first-order valence-electron chi connectivity index (χ1n) is 7.52. The standard InChI is InChI=1S/C16H22N2O2S/c1-11-12(2)16(19)18(10-13-5-3-7-20-13)15(11)17-9-14-6-4-8-21-14/h4,6,8,13,15,17H,3,5,7,9-10H2,1-2H3. The molecule has 0 saturated carbocycles. The highest BCUT2D eigenvalue weighted by molar-refractivity contribution is 7.09. The highest BCUT2D eigenvalue weighted by atomic mass is 32.1. The van der Waals surface area contributed by atoms with Crippen molar-refractivity contribution >= 4 is 17.2 Å². The minimum Gasteiger partial charge on any atom is -0.376 e. The van der Waals surface area contributed by atoms with Gasteiger partial charge < -0.3 is 9.64 Å². The first kappa shape index (κ1) is 14.8. The number of amides is 1. The molecule has 1 aromatic rings. The van der Waals surface area contributed by atoms with Crippen LogP contribution in [0.3, 0.4) is 0 Å². The molecule has 0 spiro atoms. The van der Waals surface area contributed by atoms with Gasteiger partial charge in [-0.1, -0.05) is 6.07 Å². The zero-order valence-electron chi connectivity index (χ0n) is 12.6. The second kappa shape index (κ2) is 6.30. The van der Waals surface area contributed by atoms with E-state index >= 15 is 0 Å². The molecule has 1 saturated heterocycles. The summed E-state index contributed by atoms with van der Waals surface area (Å²) in [5.74, 6) is 0.145. The Labute approximate surface area is 129 Å². The van der Waals surface area contributed by atoms with Crippen molar-refractivity contribution in [1.82, 2.24) is 10.2 Å². The Balaban J connectivity index is 1.68. The Morgan fingerprint density at radius 2 is 2.33 bits per heavy atom. The molecule has 2 atom stereocenters. The van der Waals surface area contributed by atoms with Crippen LogP contribution in [0.4, 0.5) is 0 Å². The van der Waals surface area contributed by atoms with Crippen molar-refractivity contribution in [3.63, 3.8) is 0 Å². The Hall–Kier alpha value is -1.17. The fourth-order valence-corrected chi connectivity index (χ4v) is 3.67. The van der Waals surface area contributed by atoms with Gasteiger partial charge in [0.1, 0.15) is 6.17 Å². The third-order valence-corrected chi connectivity index (χ3v) is 5.25. The molecular formula is C16H22N2O2S. The van der Waals surface area contributed by atoms with E-state index in [2.05, 4.69) is 29.8 Å². The van der Waals surface area contributed by atoms with E-state index in [4.69, 9.17) is 4.74 Å². The third-order valence-electron chi connectivity index (χ3n) is 4.37. The van der Waals surface area contributed by atoms with Crippen molar-refractivity contribution < 1.29 is 9.53 Å². The van der Waals surface area contributed by atoms with Gasteiger partial charge in [-0.15, -0.1) is 11.3 Å². The number of ether oxygens (including phenoxy) is 1. The Bertz CT molecular complexity index is 532. The van der Waals surface area contributed by atoms with Gasteiger partial charge in [-0.3, -0.25) is 10.1 Å². The molecule has 1 aromatic heterocycles. The van der Waals surface area contributed by atoms with E-state index in [0.717, 1.165) is 37.1 Å². The van der Waals surface area contributed by atoms with Crippen LogP contribution in [-0.4, -0.2) is 36.2 Å². The Kier molecular flexibility index (Phi) is 4.42. The number of rotatable bonds is 5. The lowest BCUT2D eigenvalue weighted by atomic mass is 10.1. The number of hydrogen-bond acceptors (Lipinski definition) is 4. The van der Waals surface area contributed by atoms with Gasteiger partial charge in [0.2, 0.25) is 0 Å². The SMILES string of the molecule is CC1=C(C)C(NCc2cccs2)N(CC2CCCO2)C1=O. The van der Waals surface area contributed by atoms with Gasteiger partial charge in [0.25, 0.3) is 5.91 Å². The summed E-state index contributed by atoms with van der Waals surface area (Å²) in [5.41, 5.74) is 2.01. The molecule has 2 unspecified atom stereocenters. The molecule has 2 aliphatic rings. The Morgan fingerprint density at radius 1 is 1.48 bits per heavy atom. The van der Waals surface area contributed by atoms with Crippen LogP contribution in [0.5, 0.6) is 0 Å². The molecule has 21 heavy (non-hydrogen) atoms. The van der Waals surface area contributed by atoms with Crippen molar-refractivity contribution in [3.05, 3.63) is 33.5 Å². The second-order valence-electron chi connectivity index (χ2n) is 5.76. The highest BCUT2D eigenvalue weighted by Gasteiger charge is 2.36. The van der Waals surface area contributed by atoms with E-state index in [1.165, 1.54) is 4.88 Å². The average molecular weight is 306 g/mol. The zero-order chi connectivity index (χ0) is 14.8. The van der Waals surface area contributed by atoms with Crippen LogP contribution in [0.25, 0.3) is 0 Å². The quantitative estimate of drug-likeness (QED) is 0.909. The zero-order valence-corrected chi connectivity index (χ0v) is 13.4. The van der Waals surface area contributed by atoms with Crippen molar-refractivity contribution in [2.24, 2.45) is 0 Å². The Morgan fingerprint density at radius 3 is 3.00 bits per heavy atom. The van der Waals surface area contributed by atoms with Crippen molar-refractivity contribution in [2.75, 3.05) is 13.2 Å². The molecule has 114 valence electrons. The summed E-state index contributed by atoms with van der Waals surface area (Å²) in [7, 11) is 0. The van der Waals surface area contributed by atoms with Gasteiger partial charge in [0.15, 0.2) is 0 Å². The molecule has 0 aliphatic carbocycles. The molecule has 2 aliphatic heterocycles. The van der Waals surface area contributed by atoms with Crippen LogP contribution >= 0.6 is 11.3 Å². The third kappa shape index (κ3) is 3.05. The topological polar surface area (TPSA) is 41.6 Å². The molecule has 3 heterocycles. The van der Waals surface area contributed by atoms with Crippen LogP contribution in [0.1, 0.15) is 31.6 Å². The van der Waals surface area contributed by atoms with E-state index in [-0.39, 0.29) is 18.2 Å². The summed E-state index contributed by atoms with van der Waals surface area (Å²) >= 11 is 1.74. The van der Waals surface area contributed by atoms with Crippen LogP contribution in [-0.2, 0) is 16.1 Å². The van der Waals surface area contributed by atoms with Crippen molar-refractivity contribution in [2.45, 2.75) is 45.5 Å². The molecule has 1 amide bonds. The summed E-state index contributed by atoms with van der Waals surface area (Å²) in [6.07, 6.45) is 2.35. The normalized spacial score (nSPS) is 26.2. The van der Waals surface area contributed by atoms with E-state index in [0.29, 0.717) is 6.54 Å². The molecule has 0 bridgehead atoms. The molecule has 1 N–H and O–H groups in total. The molecule has 4 nitrogen and oxygen atoms in total. The first-order valence-corrected chi connectivity index (χ1v) is 8.40. The number of nitrogens with one attached hydrogen (secondary N) is 1. The smallest absolute Gasteiger partial charge is 0.251 e. The number of carbonyl (C=O) groups is 1.